The maximum Gasteiger partial charge on any atom is 0.161 e. The van der Waals surface area contributed by atoms with Crippen molar-refractivity contribution >= 4 is 40.2 Å². The maximum atomic E-state index is 6.64. The second-order valence-corrected chi connectivity index (χ2v) is 8.65. The first-order valence-corrected chi connectivity index (χ1v) is 11.2. The van der Waals surface area contributed by atoms with Crippen LogP contribution in [0, 0.1) is 0 Å². The Balaban J connectivity index is 1.60. The van der Waals surface area contributed by atoms with Gasteiger partial charge in [0.25, 0.3) is 0 Å². The molecule has 3 heterocycles. The summed E-state index contributed by atoms with van der Waals surface area (Å²) in [5.74, 6) is 0.680. The Morgan fingerprint density at radius 3 is 2.71 bits per heavy atom. The third-order valence-corrected chi connectivity index (χ3v) is 6.44. The SMILES string of the molecule is CN(C)N1C(c2ccccc2Cl)=c2ccccc2=NC1CSc1ncnc2[nH]cnc12. The molecule has 0 bridgehead atoms. The monoisotopic (exact) mass is 449 g/mol. The number of hydrazine groups is 1. The van der Waals surface area contributed by atoms with E-state index in [0.717, 1.165) is 38.0 Å². The minimum Gasteiger partial charge on any atom is -0.329 e. The molecule has 1 atom stereocenters. The number of imidazole rings is 1. The van der Waals surface area contributed by atoms with Gasteiger partial charge >= 0.3 is 0 Å². The Bertz CT molecular complexity index is 1370. The highest BCUT2D eigenvalue weighted by atomic mass is 35.5. The number of rotatable bonds is 5. The predicted molar refractivity (Wildman–Crippen MR) is 123 cm³/mol. The van der Waals surface area contributed by atoms with Crippen molar-refractivity contribution in [3.05, 3.63) is 82.3 Å². The molecule has 9 heteroatoms. The summed E-state index contributed by atoms with van der Waals surface area (Å²) in [7, 11) is 4.04. The van der Waals surface area contributed by atoms with Crippen LogP contribution >= 0.6 is 23.4 Å². The molecule has 2 aromatic carbocycles. The number of halogens is 1. The molecule has 0 aliphatic carbocycles. The van der Waals surface area contributed by atoms with Gasteiger partial charge in [-0.15, -0.1) is 0 Å². The number of nitrogens with zero attached hydrogens (tertiary/aromatic N) is 6. The second-order valence-electron chi connectivity index (χ2n) is 7.24. The summed E-state index contributed by atoms with van der Waals surface area (Å²) in [6.45, 7) is 0. The number of hydrogen-bond donors (Lipinski definition) is 1. The quantitative estimate of drug-likeness (QED) is 0.373. The molecule has 7 nitrogen and oxygen atoms in total. The van der Waals surface area contributed by atoms with Gasteiger partial charge in [-0.25, -0.2) is 20.0 Å². The van der Waals surface area contributed by atoms with Crippen LogP contribution in [0.3, 0.4) is 0 Å². The summed E-state index contributed by atoms with van der Waals surface area (Å²) in [5.41, 5.74) is 3.53. The number of thioether (sulfide) groups is 1. The molecular weight excluding hydrogens is 430 g/mol. The van der Waals surface area contributed by atoms with Crippen LogP contribution < -0.4 is 10.6 Å². The number of hydrogen-bond acceptors (Lipinski definition) is 7. The molecule has 31 heavy (non-hydrogen) atoms. The van der Waals surface area contributed by atoms with Crippen molar-refractivity contribution in [2.75, 3.05) is 19.8 Å². The lowest BCUT2D eigenvalue weighted by Crippen LogP contribution is -2.52. The molecule has 0 saturated heterocycles. The molecule has 5 rings (SSSR count). The van der Waals surface area contributed by atoms with Crippen molar-refractivity contribution in [1.82, 2.24) is 30.0 Å². The van der Waals surface area contributed by atoms with Gasteiger partial charge < -0.3 is 4.98 Å². The number of benzene rings is 2. The van der Waals surface area contributed by atoms with Gasteiger partial charge in [-0.1, -0.05) is 59.8 Å². The summed E-state index contributed by atoms with van der Waals surface area (Å²) in [4.78, 5) is 21.1. The summed E-state index contributed by atoms with van der Waals surface area (Å²) >= 11 is 8.25. The smallest absolute Gasteiger partial charge is 0.161 e. The molecular formula is C22H20ClN7S. The van der Waals surface area contributed by atoms with Gasteiger partial charge in [0.15, 0.2) is 5.65 Å². The molecule has 0 fully saturated rings. The molecule has 0 radical (unpaired) electrons. The van der Waals surface area contributed by atoms with Crippen LogP contribution in [0.4, 0.5) is 0 Å². The number of aromatic nitrogens is 4. The van der Waals surface area contributed by atoms with Crippen molar-refractivity contribution in [3.8, 4) is 0 Å². The Morgan fingerprint density at radius 2 is 1.87 bits per heavy atom. The highest BCUT2D eigenvalue weighted by Crippen LogP contribution is 2.31. The van der Waals surface area contributed by atoms with Crippen LogP contribution in [0.15, 0.2) is 71.2 Å². The molecule has 156 valence electrons. The van der Waals surface area contributed by atoms with Gasteiger partial charge in [-0.05, 0) is 12.1 Å². The van der Waals surface area contributed by atoms with E-state index in [-0.39, 0.29) is 6.17 Å². The molecule has 1 unspecified atom stereocenters. The molecule has 2 aromatic heterocycles. The topological polar surface area (TPSA) is 73.3 Å². The van der Waals surface area contributed by atoms with E-state index < -0.39 is 0 Å². The molecule has 0 saturated carbocycles. The van der Waals surface area contributed by atoms with Crippen molar-refractivity contribution < 1.29 is 0 Å². The third kappa shape index (κ3) is 3.67. The zero-order chi connectivity index (χ0) is 21.4. The molecule has 0 spiro atoms. The minimum absolute atomic E-state index is 0.148. The second kappa shape index (κ2) is 8.30. The van der Waals surface area contributed by atoms with Crippen LogP contribution in [0.1, 0.15) is 5.56 Å². The zero-order valence-electron chi connectivity index (χ0n) is 17.0. The average Bonchev–Trinajstić information content (AvgIpc) is 3.26. The maximum absolute atomic E-state index is 6.64. The van der Waals surface area contributed by atoms with Crippen molar-refractivity contribution in [2.45, 2.75) is 11.2 Å². The fourth-order valence-electron chi connectivity index (χ4n) is 3.77. The Labute approximate surface area is 188 Å². The van der Waals surface area contributed by atoms with E-state index in [9.17, 15) is 0 Å². The number of para-hydroxylation sites is 1. The van der Waals surface area contributed by atoms with Crippen LogP contribution in [0.2, 0.25) is 5.02 Å². The summed E-state index contributed by atoms with van der Waals surface area (Å²) in [5, 5.41) is 7.81. The summed E-state index contributed by atoms with van der Waals surface area (Å²) in [6.07, 6.45) is 3.05. The van der Waals surface area contributed by atoms with Crippen LogP contribution in [-0.4, -0.2) is 56.0 Å². The Hall–Kier alpha value is -2.94. The normalized spacial score (nSPS) is 15.9. The fourth-order valence-corrected chi connectivity index (χ4v) is 4.93. The zero-order valence-corrected chi connectivity index (χ0v) is 18.6. The molecule has 1 aliphatic rings. The first-order valence-electron chi connectivity index (χ1n) is 9.79. The third-order valence-electron chi connectivity index (χ3n) is 5.07. The van der Waals surface area contributed by atoms with E-state index in [1.54, 1.807) is 24.4 Å². The average molecular weight is 450 g/mol. The van der Waals surface area contributed by atoms with Crippen molar-refractivity contribution in [2.24, 2.45) is 4.99 Å². The highest BCUT2D eigenvalue weighted by Gasteiger charge is 2.29. The van der Waals surface area contributed by atoms with E-state index in [2.05, 4.69) is 42.1 Å². The summed E-state index contributed by atoms with van der Waals surface area (Å²) in [6, 6.07) is 16.1. The minimum atomic E-state index is -0.148. The molecule has 1 N–H and O–H groups in total. The van der Waals surface area contributed by atoms with Gasteiger partial charge in [0, 0.05) is 35.7 Å². The van der Waals surface area contributed by atoms with Gasteiger partial charge in [0.05, 0.1) is 17.4 Å². The van der Waals surface area contributed by atoms with E-state index in [1.165, 1.54) is 0 Å². The predicted octanol–water partition coefficient (Wildman–Crippen LogP) is 2.69. The van der Waals surface area contributed by atoms with Gasteiger partial charge in [-0.2, -0.15) is 0 Å². The van der Waals surface area contributed by atoms with E-state index in [4.69, 9.17) is 16.6 Å². The molecule has 4 aromatic rings. The number of aromatic amines is 1. The van der Waals surface area contributed by atoms with Crippen LogP contribution in [0.25, 0.3) is 16.9 Å². The first kappa shape index (κ1) is 20.0. The standard InChI is InChI=1S/C22H20ClN7S/c1-29(2)30-18(11-31-22-19-21(25-12-24-19)26-13-27-22)28-17-10-6-4-8-15(17)20(30)14-7-3-5-9-16(14)23/h3-10,12-13,18H,11H2,1-2H3,(H,24,25,26,27). The first-order chi connectivity index (χ1) is 15.1. The Morgan fingerprint density at radius 1 is 1.06 bits per heavy atom. The lowest BCUT2D eigenvalue weighted by Gasteiger charge is -2.39. The highest BCUT2D eigenvalue weighted by molar-refractivity contribution is 7.99. The number of nitrogens with one attached hydrogen (secondary N) is 1. The van der Waals surface area contributed by atoms with Crippen LogP contribution in [0.5, 0.6) is 0 Å². The van der Waals surface area contributed by atoms with Gasteiger partial charge in [0.1, 0.15) is 23.0 Å². The molecule has 1 aliphatic heterocycles. The lowest BCUT2D eigenvalue weighted by atomic mass is 10.1. The summed E-state index contributed by atoms with van der Waals surface area (Å²) < 4.78 is 0. The van der Waals surface area contributed by atoms with Crippen molar-refractivity contribution in [3.63, 3.8) is 0 Å². The van der Waals surface area contributed by atoms with E-state index >= 15 is 0 Å². The molecule has 0 amide bonds. The Kier molecular flexibility index (Phi) is 5.35. The van der Waals surface area contributed by atoms with Gasteiger partial charge in [-0.3, -0.25) is 10.0 Å². The van der Waals surface area contributed by atoms with Crippen molar-refractivity contribution in [1.29, 1.82) is 0 Å². The number of H-pyrrole nitrogens is 1. The number of fused-ring (bicyclic) bond motifs is 2. The largest absolute Gasteiger partial charge is 0.329 e. The van der Waals surface area contributed by atoms with Crippen LogP contribution in [-0.2, 0) is 0 Å². The van der Waals surface area contributed by atoms with E-state index in [1.807, 2.05) is 50.5 Å². The lowest BCUT2D eigenvalue weighted by molar-refractivity contribution is 0.0568. The van der Waals surface area contributed by atoms with Gasteiger partial charge in [0.2, 0.25) is 0 Å². The fraction of sp³-hybridized carbons (Fsp3) is 0.182. The van der Waals surface area contributed by atoms with E-state index in [0.29, 0.717) is 10.8 Å².